The number of nitrogens with two attached hydrogens (primary N) is 2. The number of nitrogen functional groups attached to an aromatic ring is 1. The molecule has 2 rings (SSSR count). The summed E-state index contributed by atoms with van der Waals surface area (Å²) in [7, 11) is 2.07. The zero-order valence-electron chi connectivity index (χ0n) is 11.8. The molecule has 20 heavy (non-hydrogen) atoms. The monoisotopic (exact) mass is 280 g/mol. The minimum atomic E-state index is -0.651. The fraction of sp³-hybridized carbons (Fsp3) is 0.500. The molecule has 1 aliphatic rings. The van der Waals surface area contributed by atoms with Crippen molar-refractivity contribution in [3.8, 4) is 0 Å². The van der Waals surface area contributed by atoms with Crippen LogP contribution in [0.5, 0.6) is 0 Å². The van der Waals surface area contributed by atoms with E-state index in [4.69, 9.17) is 11.5 Å². The lowest BCUT2D eigenvalue weighted by atomic mass is 9.94. The fourth-order valence-electron chi connectivity index (χ4n) is 2.68. The van der Waals surface area contributed by atoms with Gasteiger partial charge in [0.05, 0.1) is 11.3 Å². The van der Waals surface area contributed by atoms with Crippen molar-refractivity contribution in [1.82, 2.24) is 4.90 Å². The number of carbonyl (C=O) groups excluding carboxylic acids is 1. The number of likely N-dealkylation sites (tertiary alicyclic amines) is 1. The van der Waals surface area contributed by atoms with E-state index in [2.05, 4.69) is 24.2 Å². The maximum Gasteiger partial charge on any atom is 0.250 e. The van der Waals surface area contributed by atoms with Crippen molar-refractivity contribution < 1.29 is 9.18 Å². The maximum atomic E-state index is 13.9. The molecule has 5 N–H and O–H groups in total. The van der Waals surface area contributed by atoms with Crippen molar-refractivity contribution in [3.05, 3.63) is 23.5 Å². The Bertz CT molecular complexity index is 520. The summed E-state index contributed by atoms with van der Waals surface area (Å²) in [6.07, 6.45) is 0.924. The molecule has 1 aliphatic heterocycles. The molecule has 1 fully saturated rings. The van der Waals surface area contributed by atoms with Crippen LogP contribution in [0.3, 0.4) is 0 Å². The number of hydrogen-bond acceptors (Lipinski definition) is 4. The lowest BCUT2D eigenvalue weighted by Crippen LogP contribution is -2.43. The van der Waals surface area contributed by atoms with Crippen LogP contribution in [0.25, 0.3) is 0 Å². The Balaban J connectivity index is 2.21. The molecule has 0 radical (unpaired) electrons. The smallest absolute Gasteiger partial charge is 0.250 e. The van der Waals surface area contributed by atoms with Gasteiger partial charge in [-0.25, -0.2) is 4.39 Å². The summed E-state index contributed by atoms with van der Waals surface area (Å²) in [6.45, 7) is 4.04. The predicted molar refractivity (Wildman–Crippen MR) is 78.0 cm³/mol. The summed E-state index contributed by atoms with van der Waals surface area (Å²) in [6, 6.07) is 2.71. The molecular formula is C14H21FN4O. The van der Waals surface area contributed by atoms with Crippen LogP contribution in [0.1, 0.15) is 23.7 Å². The number of amides is 1. The summed E-state index contributed by atoms with van der Waals surface area (Å²) in [5, 5.41) is 3.18. The molecule has 1 heterocycles. The molecule has 2 unspecified atom stereocenters. The van der Waals surface area contributed by atoms with Gasteiger partial charge in [0.1, 0.15) is 5.82 Å². The number of benzene rings is 1. The third-order valence-corrected chi connectivity index (χ3v) is 3.85. The Kier molecular flexibility index (Phi) is 4.13. The number of hydrogen-bond donors (Lipinski definition) is 3. The van der Waals surface area contributed by atoms with Crippen LogP contribution in [0, 0.1) is 11.7 Å². The number of rotatable bonds is 3. The number of carbonyl (C=O) groups is 1. The Labute approximate surface area is 118 Å². The molecule has 1 saturated heterocycles. The fourth-order valence-corrected chi connectivity index (χ4v) is 2.68. The summed E-state index contributed by atoms with van der Waals surface area (Å²) in [5.74, 6) is -0.719. The van der Waals surface area contributed by atoms with Crippen LogP contribution in [0.15, 0.2) is 12.1 Å². The average Bonchev–Trinajstić information content (AvgIpc) is 2.35. The van der Waals surface area contributed by atoms with Gasteiger partial charge >= 0.3 is 0 Å². The molecule has 0 aromatic heterocycles. The van der Waals surface area contributed by atoms with Gasteiger partial charge in [0.25, 0.3) is 5.91 Å². The van der Waals surface area contributed by atoms with Crippen LogP contribution in [0.4, 0.5) is 15.8 Å². The lowest BCUT2D eigenvalue weighted by Gasteiger charge is -2.35. The highest BCUT2D eigenvalue weighted by Gasteiger charge is 2.25. The first-order chi connectivity index (χ1) is 9.38. The Hall–Kier alpha value is -1.82. The normalized spacial score (nSPS) is 23.6. The summed E-state index contributed by atoms with van der Waals surface area (Å²) < 4.78 is 13.9. The molecule has 5 nitrogen and oxygen atoms in total. The van der Waals surface area contributed by atoms with E-state index < -0.39 is 11.7 Å². The molecule has 110 valence electrons. The largest absolute Gasteiger partial charge is 0.398 e. The van der Waals surface area contributed by atoms with E-state index >= 15 is 0 Å². The zero-order chi connectivity index (χ0) is 14.9. The molecule has 0 saturated carbocycles. The van der Waals surface area contributed by atoms with E-state index in [9.17, 15) is 9.18 Å². The first kappa shape index (κ1) is 14.6. The predicted octanol–water partition coefficient (Wildman–Crippen LogP) is 1.26. The van der Waals surface area contributed by atoms with E-state index in [0.29, 0.717) is 5.92 Å². The van der Waals surface area contributed by atoms with Gasteiger partial charge in [-0.2, -0.15) is 0 Å². The second kappa shape index (κ2) is 5.66. The first-order valence-corrected chi connectivity index (χ1v) is 6.72. The molecule has 6 heteroatoms. The van der Waals surface area contributed by atoms with Crippen molar-refractivity contribution >= 4 is 17.3 Å². The van der Waals surface area contributed by atoms with Crippen LogP contribution in [0.2, 0.25) is 0 Å². The molecule has 0 spiro atoms. The van der Waals surface area contributed by atoms with Crippen LogP contribution in [-0.4, -0.2) is 37.0 Å². The number of nitrogens with one attached hydrogen (secondary N) is 1. The van der Waals surface area contributed by atoms with E-state index in [0.717, 1.165) is 25.6 Å². The van der Waals surface area contributed by atoms with Gasteiger partial charge in [0, 0.05) is 18.3 Å². The molecule has 2 atom stereocenters. The van der Waals surface area contributed by atoms with Crippen molar-refractivity contribution in [2.75, 3.05) is 31.2 Å². The maximum absolute atomic E-state index is 13.9. The minimum Gasteiger partial charge on any atom is -0.398 e. The molecular weight excluding hydrogens is 259 g/mol. The highest BCUT2D eigenvalue weighted by Crippen LogP contribution is 2.26. The highest BCUT2D eigenvalue weighted by atomic mass is 19.1. The summed E-state index contributed by atoms with van der Waals surface area (Å²) in [4.78, 5) is 13.5. The van der Waals surface area contributed by atoms with Gasteiger partial charge in [-0.15, -0.1) is 0 Å². The molecule has 1 aromatic rings. The number of nitrogens with zero attached hydrogens (tertiary/aromatic N) is 1. The summed E-state index contributed by atoms with van der Waals surface area (Å²) >= 11 is 0. The topological polar surface area (TPSA) is 84.4 Å². The molecule has 0 aliphatic carbocycles. The van der Waals surface area contributed by atoms with Crippen LogP contribution in [-0.2, 0) is 0 Å². The molecule has 0 bridgehead atoms. The average molecular weight is 280 g/mol. The Morgan fingerprint density at radius 1 is 1.50 bits per heavy atom. The third kappa shape index (κ3) is 3.01. The van der Waals surface area contributed by atoms with Gasteiger partial charge in [-0.05, 0) is 38.1 Å². The third-order valence-electron chi connectivity index (χ3n) is 3.85. The van der Waals surface area contributed by atoms with Crippen LogP contribution >= 0.6 is 0 Å². The summed E-state index contributed by atoms with van der Waals surface area (Å²) in [5.41, 5.74) is 11.3. The van der Waals surface area contributed by atoms with E-state index in [1.54, 1.807) is 0 Å². The van der Waals surface area contributed by atoms with Gasteiger partial charge in [0.15, 0.2) is 0 Å². The number of primary amides is 1. The van der Waals surface area contributed by atoms with Crippen molar-refractivity contribution in [3.63, 3.8) is 0 Å². The van der Waals surface area contributed by atoms with Gasteiger partial charge in [-0.3, -0.25) is 4.79 Å². The van der Waals surface area contributed by atoms with Crippen molar-refractivity contribution in [1.29, 1.82) is 0 Å². The standard InChI is InChI=1S/C14H21FN4O/c1-8-7-19(2)4-3-12(8)18-13-5-9(14(17)20)11(16)6-10(13)15/h5-6,8,12,18H,3-4,7,16H2,1-2H3,(H2,17,20). The van der Waals surface area contributed by atoms with Crippen molar-refractivity contribution in [2.24, 2.45) is 11.7 Å². The minimum absolute atomic E-state index is 0.0666. The quantitative estimate of drug-likeness (QED) is 0.728. The lowest BCUT2D eigenvalue weighted by molar-refractivity contribution is 0.100. The zero-order valence-corrected chi connectivity index (χ0v) is 11.8. The number of piperidine rings is 1. The van der Waals surface area contributed by atoms with Gasteiger partial charge in [0.2, 0.25) is 0 Å². The Morgan fingerprint density at radius 3 is 2.80 bits per heavy atom. The second-order valence-corrected chi connectivity index (χ2v) is 5.56. The number of anilines is 2. The highest BCUT2D eigenvalue weighted by molar-refractivity contribution is 5.99. The first-order valence-electron chi connectivity index (χ1n) is 6.72. The van der Waals surface area contributed by atoms with Crippen LogP contribution < -0.4 is 16.8 Å². The van der Waals surface area contributed by atoms with Crippen molar-refractivity contribution in [2.45, 2.75) is 19.4 Å². The van der Waals surface area contributed by atoms with E-state index in [1.165, 1.54) is 6.07 Å². The SMILES string of the molecule is CC1CN(C)CCC1Nc1cc(C(N)=O)c(N)cc1F. The Morgan fingerprint density at radius 2 is 2.20 bits per heavy atom. The molecule has 1 aromatic carbocycles. The molecule has 1 amide bonds. The van der Waals surface area contributed by atoms with E-state index in [1.807, 2.05) is 0 Å². The van der Waals surface area contributed by atoms with Gasteiger partial charge < -0.3 is 21.7 Å². The van der Waals surface area contributed by atoms with Gasteiger partial charge in [-0.1, -0.05) is 6.92 Å². The second-order valence-electron chi connectivity index (χ2n) is 5.56. The number of halogens is 1. The van der Waals surface area contributed by atoms with E-state index in [-0.39, 0.29) is 23.0 Å².